The number of carbonyl (C=O) groups is 2. The van der Waals surface area contributed by atoms with E-state index >= 15 is 0 Å². The van der Waals surface area contributed by atoms with Crippen molar-refractivity contribution >= 4 is 12.3 Å². The molecule has 0 bridgehead atoms. The van der Waals surface area contributed by atoms with Crippen molar-refractivity contribution in [2.24, 2.45) is 0 Å². The van der Waals surface area contributed by atoms with Crippen molar-refractivity contribution in [1.29, 1.82) is 0 Å². The van der Waals surface area contributed by atoms with Crippen molar-refractivity contribution in [1.82, 2.24) is 0 Å². The van der Waals surface area contributed by atoms with Gasteiger partial charge in [-0.3, -0.25) is 4.79 Å². The van der Waals surface area contributed by atoms with Crippen molar-refractivity contribution in [3.8, 4) is 0 Å². The van der Waals surface area contributed by atoms with Crippen LogP contribution in [0.25, 0.3) is 0 Å². The van der Waals surface area contributed by atoms with Crippen LogP contribution in [0.2, 0.25) is 0 Å². The van der Waals surface area contributed by atoms with Gasteiger partial charge in [0.1, 0.15) is 6.29 Å². The lowest BCUT2D eigenvalue weighted by atomic mass is 10.0. The van der Waals surface area contributed by atoms with E-state index in [1.54, 1.807) is 12.1 Å². The zero-order valence-electron chi connectivity index (χ0n) is 7.28. The summed E-state index contributed by atoms with van der Waals surface area (Å²) in [6, 6.07) is 4.64. The van der Waals surface area contributed by atoms with E-state index in [1.165, 1.54) is 6.07 Å². The van der Waals surface area contributed by atoms with E-state index in [2.05, 4.69) is 0 Å². The van der Waals surface area contributed by atoms with Crippen molar-refractivity contribution in [3.05, 3.63) is 34.9 Å². The summed E-state index contributed by atoms with van der Waals surface area (Å²) in [6.45, 7) is 1.91. The predicted octanol–water partition coefficient (Wildman–Crippen LogP) is 1.76. The van der Waals surface area contributed by atoms with Crippen molar-refractivity contribution in [2.75, 3.05) is 0 Å². The monoisotopic (exact) mass is 178 g/mol. The summed E-state index contributed by atoms with van der Waals surface area (Å²) < 4.78 is 0. The lowest BCUT2D eigenvalue weighted by molar-refractivity contribution is 0.0696. The number of carboxylic acids is 1. The number of hydrogen-bond donors (Lipinski definition) is 1. The van der Waals surface area contributed by atoms with Crippen molar-refractivity contribution in [3.63, 3.8) is 0 Å². The fraction of sp³-hybridized carbons (Fsp3) is 0.200. The molecule has 1 N–H and O–H groups in total. The number of carboxylic acid groups (broad SMARTS) is 1. The van der Waals surface area contributed by atoms with Gasteiger partial charge in [-0.2, -0.15) is 0 Å². The lowest BCUT2D eigenvalue weighted by Gasteiger charge is -2.00. The third-order valence-corrected chi connectivity index (χ3v) is 1.81. The molecule has 0 spiro atoms. The molecule has 0 saturated heterocycles. The first-order valence-corrected chi connectivity index (χ1v) is 3.99. The molecule has 68 valence electrons. The van der Waals surface area contributed by atoms with Gasteiger partial charge in [-0.1, -0.05) is 6.92 Å². The molecular formula is C10H10O3. The van der Waals surface area contributed by atoms with Crippen LogP contribution in [0.3, 0.4) is 0 Å². The molecule has 1 aromatic carbocycles. The van der Waals surface area contributed by atoms with Gasteiger partial charge in [0.05, 0.1) is 5.56 Å². The Balaban J connectivity index is 3.22. The van der Waals surface area contributed by atoms with Crippen LogP contribution in [0.1, 0.15) is 33.2 Å². The third kappa shape index (κ3) is 2.15. The molecule has 0 unspecified atom stereocenters. The molecule has 0 radical (unpaired) electrons. The number of carbonyl (C=O) groups excluding carboxylic acids is 1. The summed E-state index contributed by atoms with van der Waals surface area (Å²) >= 11 is 0. The van der Waals surface area contributed by atoms with Crippen LogP contribution in [0.4, 0.5) is 0 Å². The highest BCUT2D eigenvalue weighted by Crippen LogP contribution is 2.09. The van der Waals surface area contributed by atoms with Gasteiger partial charge in [0.2, 0.25) is 0 Å². The molecule has 0 heterocycles. The molecule has 1 aromatic rings. The first-order valence-electron chi connectivity index (χ1n) is 3.99. The summed E-state index contributed by atoms with van der Waals surface area (Å²) in [6.07, 6.45) is 1.38. The minimum atomic E-state index is -1.00. The highest BCUT2D eigenvalue weighted by atomic mass is 16.4. The molecule has 0 aromatic heterocycles. The fourth-order valence-electron chi connectivity index (χ4n) is 1.11. The average Bonchev–Trinajstić information content (AvgIpc) is 2.16. The van der Waals surface area contributed by atoms with Gasteiger partial charge in [-0.05, 0) is 30.2 Å². The Labute approximate surface area is 76.0 Å². The van der Waals surface area contributed by atoms with Crippen LogP contribution in [0.15, 0.2) is 18.2 Å². The zero-order chi connectivity index (χ0) is 9.84. The molecule has 0 aliphatic rings. The number of hydrogen-bond acceptors (Lipinski definition) is 2. The Morgan fingerprint density at radius 3 is 2.62 bits per heavy atom. The van der Waals surface area contributed by atoms with E-state index in [0.717, 1.165) is 12.0 Å². The Bertz CT molecular complexity index is 342. The van der Waals surface area contributed by atoms with E-state index in [9.17, 15) is 9.59 Å². The maximum absolute atomic E-state index is 10.6. The number of aryl methyl sites for hydroxylation is 1. The molecule has 3 nitrogen and oxygen atoms in total. The summed E-state index contributed by atoms with van der Waals surface area (Å²) in [5.74, 6) is -1.00. The van der Waals surface area contributed by atoms with Gasteiger partial charge in [-0.25, -0.2) is 4.79 Å². The predicted molar refractivity (Wildman–Crippen MR) is 48.2 cm³/mol. The molecule has 0 fully saturated rings. The highest BCUT2D eigenvalue weighted by Gasteiger charge is 2.05. The number of aldehydes is 1. The van der Waals surface area contributed by atoms with Crippen LogP contribution in [0, 0.1) is 0 Å². The Morgan fingerprint density at radius 1 is 1.46 bits per heavy atom. The molecule has 13 heavy (non-hydrogen) atoms. The maximum Gasteiger partial charge on any atom is 0.335 e. The highest BCUT2D eigenvalue weighted by molar-refractivity contribution is 5.90. The van der Waals surface area contributed by atoms with Gasteiger partial charge in [-0.15, -0.1) is 0 Å². The smallest absolute Gasteiger partial charge is 0.335 e. The van der Waals surface area contributed by atoms with Crippen molar-refractivity contribution < 1.29 is 14.7 Å². The van der Waals surface area contributed by atoms with E-state index in [4.69, 9.17) is 5.11 Å². The first kappa shape index (κ1) is 9.45. The lowest BCUT2D eigenvalue weighted by Crippen LogP contribution is -1.99. The molecular weight excluding hydrogens is 168 g/mol. The van der Waals surface area contributed by atoms with E-state index in [0.29, 0.717) is 11.8 Å². The van der Waals surface area contributed by atoms with Gasteiger partial charge in [0, 0.05) is 5.56 Å². The Kier molecular flexibility index (Phi) is 2.80. The van der Waals surface area contributed by atoms with Gasteiger partial charge in [0.15, 0.2) is 0 Å². The largest absolute Gasteiger partial charge is 0.478 e. The van der Waals surface area contributed by atoms with Crippen LogP contribution in [-0.4, -0.2) is 17.4 Å². The molecule has 3 heteroatoms. The quantitative estimate of drug-likeness (QED) is 0.717. The molecule has 0 saturated carbocycles. The van der Waals surface area contributed by atoms with Crippen LogP contribution in [-0.2, 0) is 6.42 Å². The Morgan fingerprint density at radius 2 is 2.15 bits per heavy atom. The van der Waals surface area contributed by atoms with E-state index in [-0.39, 0.29) is 5.56 Å². The summed E-state index contributed by atoms with van der Waals surface area (Å²) in [5.41, 5.74) is 1.44. The molecule has 0 amide bonds. The van der Waals surface area contributed by atoms with E-state index < -0.39 is 5.97 Å². The zero-order valence-corrected chi connectivity index (χ0v) is 7.28. The molecule has 0 atom stereocenters. The second-order valence-corrected chi connectivity index (χ2v) is 2.74. The van der Waals surface area contributed by atoms with Crippen LogP contribution >= 0.6 is 0 Å². The average molecular weight is 178 g/mol. The van der Waals surface area contributed by atoms with Crippen LogP contribution < -0.4 is 0 Å². The summed E-state index contributed by atoms with van der Waals surface area (Å²) in [4.78, 5) is 21.1. The SMILES string of the molecule is CCc1cc(C=O)cc(C(=O)O)c1. The van der Waals surface area contributed by atoms with Crippen molar-refractivity contribution in [2.45, 2.75) is 13.3 Å². The normalized spacial score (nSPS) is 9.62. The Hall–Kier alpha value is -1.64. The fourth-order valence-corrected chi connectivity index (χ4v) is 1.11. The van der Waals surface area contributed by atoms with Gasteiger partial charge >= 0.3 is 5.97 Å². The maximum atomic E-state index is 10.6. The summed E-state index contributed by atoms with van der Waals surface area (Å²) in [5, 5.41) is 8.71. The van der Waals surface area contributed by atoms with Gasteiger partial charge in [0.25, 0.3) is 0 Å². The number of rotatable bonds is 3. The number of benzene rings is 1. The molecule has 0 aliphatic heterocycles. The second kappa shape index (κ2) is 3.85. The first-order chi connectivity index (χ1) is 6.17. The molecule has 0 aliphatic carbocycles. The minimum absolute atomic E-state index is 0.168. The minimum Gasteiger partial charge on any atom is -0.478 e. The number of aromatic carboxylic acids is 1. The van der Waals surface area contributed by atoms with Crippen LogP contribution in [0.5, 0.6) is 0 Å². The molecule has 1 rings (SSSR count). The third-order valence-electron chi connectivity index (χ3n) is 1.81. The van der Waals surface area contributed by atoms with E-state index in [1.807, 2.05) is 6.92 Å². The second-order valence-electron chi connectivity index (χ2n) is 2.74. The topological polar surface area (TPSA) is 54.4 Å². The standard InChI is InChI=1S/C10H10O3/c1-2-7-3-8(6-11)5-9(4-7)10(12)13/h3-6H,2H2,1H3,(H,12,13). The van der Waals surface area contributed by atoms with Gasteiger partial charge < -0.3 is 5.11 Å². The summed E-state index contributed by atoms with van der Waals surface area (Å²) in [7, 11) is 0.